The van der Waals surface area contributed by atoms with Gasteiger partial charge < -0.3 is 10.6 Å². The molecule has 3 aromatic rings. The molecule has 1 aliphatic rings. The van der Waals surface area contributed by atoms with Crippen molar-refractivity contribution in [2.24, 2.45) is 5.73 Å². The Hall–Kier alpha value is -2.70. The zero-order chi connectivity index (χ0) is 18.3. The van der Waals surface area contributed by atoms with E-state index in [2.05, 4.69) is 4.98 Å². The molecule has 27 heavy (non-hydrogen) atoms. The van der Waals surface area contributed by atoms with E-state index in [1.54, 1.807) is 11.1 Å². The molecule has 2 atom stereocenters. The first-order valence-corrected chi connectivity index (χ1v) is 8.62. The van der Waals surface area contributed by atoms with Crippen LogP contribution in [0.1, 0.15) is 27.4 Å². The monoisotopic (exact) mass is 384 g/mol. The van der Waals surface area contributed by atoms with Crippen molar-refractivity contribution in [1.29, 1.82) is 0 Å². The highest BCUT2D eigenvalue weighted by atomic mass is 35.5. The molecule has 140 valence electrons. The Balaban J connectivity index is 0.00000210. The molecule has 0 spiro atoms. The molecule has 1 aromatic carbocycles. The van der Waals surface area contributed by atoms with E-state index >= 15 is 0 Å². The molecular formula is C20H21ClN4O2. The molecule has 7 heteroatoms. The summed E-state index contributed by atoms with van der Waals surface area (Å²) in [6, 6.07) is 13.4. The number of likely N-dealkylation sites (tertiary alicyclic amines) is 1. The van der Waals surface area contributed by atoms with Gasteiger partial charge in [0.2, 0.25) is 0 Å². The third kappa shape index (κ3) is 3.46. The number of amides is 1. The van der Waals surface area contributed by atoms with Gasteiger partial charge in [-0.25, -0.2) is 4.98 Å². The van der Waals surface area contributed by atoms with Gasteiger partial charge in [0.25, 0.3) is 11.5 Å². The average Bonchev–Trinajstić information content (AvgIpc) is 3.04. The van der Waals surface area contributed by atoms with Gasteiger partial charge in [-0.1, -0.05) is 30.3 Å². The van der Waals surface area contributed by atoms with Crippen molar-refractivity contribution in [2.75, 3.05) is 13.1 Å². The van der Waals surface area contributed by atoms with Crippen LogP contribution in [0.5, 0.6) is 0 Å². The summed E-state index contributed by atoms with van der Waals surface area (Å²) in [5.74, 6) is -0.245. The number of fused-ring (bicyclic) bond motifs is 1. The molecule has 2 N–H and O–H groups in total. The van der Waals surface area contributed by atoms with E-state index in [0.717, 1.165) is 11.1 Å². The maximum absolute atomic E-state index is 12.9. The molecule has 1 fully saturated rings. The molecule has 2 aromatic heterocycles. The smallest absolute Gasteiger partial charge is 0.270 e. The third-order valence-electron chi connectivity index (χ3n) is 4.98. The van der Waals surface area contributed by atoms with Gasteiger partial charge in [0.1, 0.15) is 11.2 Å². The first-order chi connectivity index (χ1) is 12.5. The highest BCUT2D eigenvalue weighted by molar-refractivity contribution is 5.94. The number of carbonyl (C=O) groups is 1. The Morgan fingerprint density at radius 2 is 1.93 bits per heavy atom. The Labute approximate surface area is 163 Å². The molecule has 0 unspecified atom stereocenters. The molecule has 0 saturated carbocycles. The fourth-order valence-corrected chi connectivity index (χ4v) is 3.54. The molecule has 1 amide bonds. The predicted molar refractivity (Wildman–Crippen MR) is 107 cm³/mol. The van der Waals surface area contributed by atoms with Crippen molar-refractivity contribution in [3.63, 3.8) is 0 Å². The summed E-state index contributed by atoms with van der Waals surface area (Å²) in [6.45, 7) is 2.86. The standard InChI is InChI=1S/C20H20N4O2.ClH/c1-13-7-8-24-18(9-13)22-10-15(20(24)26)19(25)23-11-16(17(21)12-23)14-5-3-2-4-6-14;/h2-10,16-17H,11-12,21H2,1H3;1H/t16-,17+;/m0./s1. The topological polar surface area (TPSA) is 80.7 Å². The highest BCUT2D eigenvalue weighted by Crippen LogP contribution is 2.27. The van der Waals surface area contributed by atoms with Crippen LogP contribution in [-0.4, -0.2) is 39.3 Å². The van der Waals surface area contributed by atoms with Crippen molar-refractivity contribution in [3.8, 4) is 0 Å². The summed E-state index contributed by atoms with van der Waals surface area (Å²) in [5.41, 5.74) is 8.65. The molecular weight excluding hydrogens is 364 g/mol. The quantitative estimate of drug-likeness (QED) is 0.732. The van der Waals surface area contributed by atoms with Gasteiger partial charge in [-0.3, -0.25) is 14.0 Å². The van der Waals surface area contributed by atoms with Crippen LogP contribution in [0.3, 0.4) is 0 Å². The number of aryl methyl sites for hydroxylation is 1. The maximum atomic E-state index is 12.9. The molecule has 0 bridgehead atoms. The van der Waals surface area contributed by atoms with Gasteiger partial charge in [-0.15, -0.1) is 12.4 Å². The lowest BCUT2D eigenvalue weighted by Gasteiger charge is -2.16. The predicted octanol–water partition coefficient (Wildman–Crippen LogP) is 1.99. The fraction of sp³-hybridized carbons (Fsp3) is 0.250. The van der Waals surface area contributed by atoms with Crippen LogP contribution in [0.2, 0.25) is 0 Å². The minimum absolute atomic E-state index is 0. The second kappa shape index (κ2) is 7.50. The van der Waals surface area contributed by atoms with Crippen molar-refractivity contribution in [3.05, 3.63) is 81.9 Å². The van der Waals surface area contributed by atoms with E-state index in [9.17, 15) is 9.59 Å². The largest absolute Gasteiger partial charge is 0.336 e. The van der Waals surface area contributed by atoms with Crippen LogP contribution < -0.4 is 11.3 Å². The Kier molecular flexibility index (Phi) is 5.30. The van der Waals surface area contributed by atoms with Crippen LogP contribution >= 0.6 is 12.4 Å². The van der Waals surface area contributed by atoms with Gasteiger partial charge in [0.15, 0.2) is 0 Å². The van der Waals surface area contributed by atoms with Gasteiger partial charge in [-0.2, -0.15) is 0 Å². The SMILES string of the molecule is Cc1ccn2c(=O)c(C(=O)N3C[C@@H](N)[C@H](c4ccccc4)C3)cnc2c1.Cl. The number of pyridine rings is 1. The van der Waals surface area contributed by atoms with E-state index in [1.165, 1.54) is 10.6 Å². The molecule has 6 nitrogen and oxygen atoms in total. The van der Waals surface area contributed by atoms with Crippen LogP contribution in [0.25, 0.3) is 5.65 Å². The van der Waals surface area contributed by atoms with Crippen molar-refractivity contribution in [2.45, 2.75) is 18.9 Å². The van der Waals surface area contributed by atoms with Crippen LogP contribution in [-0.2, 0) is 0 Å². The summed E-state index contributed by atoms with van der Waals surface area (Å²) < 4.78 is 1.41. The zero-order valence-corrected chi connectivity index (χ0v) is 15.7. The third-order valence-corrected chi connectivity index (χ3v) is 4.98. The second-order valence-corrected chi connectivity index (χ2v) is 6.80. The molecule has 1 aliphatic heterocycles. The van der Waals surface area contributed by atoms with Gasteiger partial charge in [0, 0.05) is 37.4 Å². The number of hydrogen-bond donors (Lipinski definition) is 1. The lowest BCUT2D eigenvalue weighted by atomic mass is 9.95. The summed E-state index contributed by atoms with van der Waals surface area (Å²) in [7, 11) is 0. The number of nitrogens with two attached hydrogens (primary N) is 1. The van der Waals surface area contributed by atoms with Crippen LogP contribution in [0, 0.1) is 6.92 Å². The molecule has 4 rings (SSSR count). The number of aromatic nitrogens is 2. The molecule has 0 aliphatic carbocycles. The second-order valence-electron chi connectivity index (χ2n) is 6.80. The van der Waals surface area contributed by atoms with E-state index < -0.39 is 0 Å². The van der Waals surface area contributed by atoms with E-state index in [1.807, 2.05) is 49.4 Å². The number of benzene rings is 1. The average molecular weight is 385 g/mol. The number of hydrogen-bond acceptors (Lipinski definition) is 4. The van der Waals surface area contributed by atoms with Crippen molar-refractivity contribution < 1.29 is 4.79 Å². The zero-order valence-electron chi connectivity index (χ0n) is 14.9. The fourth-order valence-electron chi connectivity index (χ4n) is 3.54. The normalized spacial score (nSPS) is 19.1. The van der Waals surface area contributed by atoms with Gasteiger partial charge in [-0.05, 0) is 30.2 Å². The first kappa shape index (κ1) is 19.1. The molecule has 1 saturated heterocycles. The van der Waals surface area contributed by atoms with Gasteiger partial charge >= 0.3 is 0 Å². The van der Waals surface area contributed by atoms with Gasteiger partial charge in [0.05, 0.1) is 0 Å². The minimum atomic E-state index is -0.350. The Morgan fingerprint density at radius 1 is 1.19 bits per heavy atom. The summed E-state index contributed by atoms with van der Waals surface area (Å²) in [5, 5.41) is 0. The summed E-state index contributed by atoms with van der Waals surface area (Å²) >= 11 is 0. The minimum Gasteiger partial charge on any atom is -0.336 e. The van der Waals surface area contributed by atoms with E-state index in [-0.39, 0.29) is 41.4 Å². The van der Waals surface area contributed by atoms with Crippen LogP contribution in [0.15, 0.2) is 59.7 Å². The molecule has 3 heterocycles. The Morgan fingerprint density at radius 3 is 2.67 bits per heavy atom. The number of rotatable bonds is 2. The number of carbonyl (C=O) groups excluding carboxylic acids is 1. The summed E-state index contributed by atoms with van der Waals surface area (Å²) in [6.07, 6.45) is 3.03. The van der Waals surface area contributed by atoms with Crippen molar-refractivity contribution in [1.82, 2.24) is 14.3 Å². The highest BCUT2D eigenvalue weighted by Gasteiger charge is 2.35. The summed E-state index contributed by atoms with van der Waals surface area (Å²) in [4.78, 5) is 31.6. The van der Waals surface area contributed by atoms with E-state index in [4.69, 9.17) is 5.73 Å². The lowest BCUT2D eigenvalue weighted by Crippen LogP contribution is -2.36. The van der Waals surface area contributed by atoms with Crippen LogP contribution in [0.4, 0.5) is 0 Å². The first-order valence-electron chi connectivity index (χ1n) is 8.62. The number of nitrogens with zero attached hydrogens (tertiary/aromatic N) is 3. The van der Waals surface area contributed by atoms with Crippen molar-refractivity contribution >= 4 is 24.0 Å². The lowest BCUT2D eigenvalue weighted by molar-refractivity contribution is 0.0787. The number of halogens is 1. The molecule has 0 radical (unpaired) electrons. The maximum Gasteiger partial charge on any atom is 0.270 e. The Bertz CT molecular complexity index is 1040. The van der Waals surface area contributed by atoms with E-state index in [0.29, 0.717) is 18.7 Å².